The summed E-state index contributed by atoms with van der Waals surface area (Å²) in [7, 11) is 1.67. The molecule has 0 radical (unpaired) electrons. The Bertz CT molecular complexity index is 835. The molecule has 27 heavy (non-hydrogen) atoms. The first kappa shape index (κ1) is 17.8. The molecule has 0 saturated carbocycles. The fourth-order valence-electron chi connectivity index (χ4n) is 3.94. The van der Waals surface area contributed by atoms with Crippen molar-refractivity contribution in [3.05, 3.63) is 58.7 Å². The number of ether oxygens (including phenoxy) is 1. The zero-order valence-corrected chi connectivity index (χ0v) is 15.4. The minimum Gasteiger partial charge on any atom is -0.508 e. The molecule has 2 aromatic carbocycles. The van der Waals surface area contributed by atoms with Crippen molar-refractivity contribution in [2.24, 2.45) is 0 Å². The van der Waals surface area contributed by atoms with Gasteiger partial charge in [-0.1, -0.05) is 18.2 Å². The van der Waals surface area contributed by atoms with E-state index in [0.29, 0.717) is 13.0 Å². The van der Waals surface area contributed by atoms with Crippen LogP contribution in [-0.4, -0.2) is 24.2 Å². The summed E-state index contributed by atoms with van der Waals surface area (Å²) in [5.41, 5.74) is 11.0. The number of carbonyl (C=O) groups is 1. The van der Waals surface area contributed by atoms with E-state index in [0.717, 1.165) is 29.7 Å². The Morgan fingerprint density at radius 1 is 1.19 bits per heavy atom. The van der Waals surface area contributed by atoms with Crippen molar-refractivity contribution in [1.29, 1.82) is 0 Å². The van der Waals surface area contributed by atoms with Gasteiger partial charge in [0.15, 0.2) is 0 Å². The van der Waals surface area contributed by atoms with E-state index in [9.17, 15) is 9.90 Å². The summed E-state index contributed by atoms with van der Waals surface area (Å²) in [6.07, 6.45) is 4.04. The predicted octanol–water partition coefficient (Wildman–Crippen LogP) is 2.11. The number of fused-ring (bicyclic) bond motifs is 1. The predicted molar refractivity (Wildman–Crippen MR) is 102 cm³/mol. The van der Waals surface area contributed by atoms with Gasteiger partial charge in [0.2, 0.25) is 5.91 Å². The number of methoxy groups -OCH3 is 1. The number of rotatable bonds is 5. The van der Waals surface area contributed by atoms with Crippen LogP contribution in [0.4, 0.5) is 0 Å². The van der Waals surface area contributed by atoms with Gasteiger partial charge in [0.1, 0.15) is 17.5 Å². The first-order valence-corrected chi connectivity index (χ1v) is 9.40. The number of hydrogen-bond acceptors (Lipinski definition) is 5. The summed E-state index contributed by atoms with van der Waals surface area (Å²) < 4.78 is 5.51. The van der Waals surface area contributed by atoms with Crippen LogP contribution in [0.15, 0.2) is 36.4 Å². The van der Waals surface area contributed by atoms with Gasteiger partial charge >= 0.3 is 0 Å². The van der Waals surface area contributed by atoms with E-state index in [1.165, 1.54) is 17.5 Å². The summed E-state index contributed by atoms with van der Waals surface area (Å²) in [5.74, 6) is 1.05. The van der Waals surface area contributed by atoms with Crippen LogP contribution in [0.5, 0.6) is 11.5 Å². The summed E-state index contributed by atoms with van der Waals surface area (Å²) >= 11 is 0. The first-order chi connectivity index (χ1) is 13.1. The van der Waals surface area contributed by atoms with E-state index in [4.69, 9.17) is 4.74 Å². The van der Waals surface area contributed by atoms with Gasteiger partial charge < -0.3 is 15.2 Å². The number of phenols is 1. The minimum atomic E-state index is -0.302. The molecular formula is C21H25N3O3. The van der Waals surface area contributed by atoms with Crippen LogP contribution in [0.2, 0.25) is 0 Å². The molecule has 1 saturated heterocycles. The molecule has 2 aromatic rings. The molecular weight excluding hydrogens is 342 g/mol. The highest BCUT2D eigenvalue weighted by Gasteiger charge is 2.30. The molecule has 2 atom stereocenters. The van der Waals surface area contributed by atoms with Crippen LogP contribution >= 0.6 is 0 Å². The van der Waals surface area contributed by atoms with Crippen molar-refractivity contribution in [3.63, 3.8) is 0 Å². The number of amides is 1. The third-order valence-corrected chi connectivity index (χ3v) is 5.46. The number of hydrazine groups is 1. The number of carbonyl (C=O) groups excluding carboxylic acids is 1. The Morgan fingerprint density at radius 2 is 1.93 bits per heavy atom. The molecule has 1 fully saturated rings. The lowest BCUT2D eigenvalue weighted by atomic mass is 10.0. The van der Waals surface area contributed by atoms with Gasteiger partial charge in [-0.15, -0.1) is 0 Å². The summed E-state index contributed by atoms with van der Waals surface area (Å²) in [6, 6.07) is 11.1. The highest BCUT2D eigenvalue weighted by Crippen LogP contribution is 2.30. The number of aromatic hydroxyl groups is 1. The highest BCUT2D eigenvalue weighted by atomic mass is 16.5. The van der Waals surface area contributed by atoms with E-state index in [1.54, 1.807) is 19.2 Å². The molecule has 1 aliphatic heterocycles. The van der Waals surface area contributed by atoms with Crippen molar-refractivity contribution in [3.8, 4) is 11.5 Å². The lowest BCUT2D eigenvalue weighted by Gasteiger charge is -2.14. The molecule has 142 valence electrons. The second-order valence-electron chi connectivity index (χ2n) is 7.23. The van der Waals surface area contributed by atoms with Crippen LogP contribution in [0.1, 0.15) is 41.1 Å². The van der Waals surface area contributed by atoms with E-state index < -0.39 is 0 Å². The third kappa shape index (κ3) is 3.77. The smallest absolute Gasteiger partial charge is 0.238 e. The maximum absolute atomic E-state index is 12.6. The molecule has 0 spiro atoms. The summed E-state index contributed by atoms with van der Waals surface area (Å²) in [5, 5.41) is 12.4. The molecule has 6 nitrogen and oxygen atoms in total. The molecule has 4 rings (SSSR count). The van der Waals surface area contributed by atoms with E-state index in [-0.39, 0.29) is 23.7 Å². The van der Waals surface area contributed by atoms with E-state index >= 15 is 0 Å². The highest BCUT2D eigenvalue weighted by molar-refractivity contribution is 5.82. The number of aryl methyl sites for hydroxylation is 2. The second kappa shape index (κ2) is 7.58. The van der Waals surface area contributed by atoms with E-state index in [1.807, 2.05) is 12.1 Å². The van der Waals surface area contributed by atoms with E-state index in [2.05, 4.69) is 28.3 Å². The van der Waals surface area contributed by atoms with Crippen molar-refractivity contribution in [2.75, 3.05) is 7.11 Å². The largest absolute Gasteiger partial charge is 0.508 e. The van der Waals surface area contributed by atoms with Gasteiger partial charge in [-0.3, -0.25) is 4.79 Å². The average molecular weight is 367 g/mol. The fourth-order valence-corrected chi connectivity index (χ4v) is 3.94. The first-order valence-electron chi connectivity index (χ1n) is 9.40. The Balaban J connectivity index is 1.37. The minimum absolute atomic E-state index is 0.0358. The molecule has 2 unspecified atom stereocenters. The van der Waals surface area contributed by atoms with Gasteiger partial charge in [0.05, 0.1) is 7.11 Å². The SMILES string of the molecule is COc1cc2c(cc1CNC(=O)C1CC(c3ccc(O)cc3)NN1)CCC2. The normalized spacial score (nSPS) is 21.1. The van der Waals surface area contributed by atoms with Crippen LogP contribution in [-0.2, 0) is 24.2 Å². The van der Waals surface area contributed by atoms with Crippen molar-refractivity contribution >= 4 is 5.91 Å². The summed E-state index contributed by atoms with van der Waals surface area (Å²) in [6.45, 7) is 0.456. The molecule has 0 bridgehead atoms. The zero-order valence-electron chi connectivity index (χ0n) is 15.4. The van der Waals surface area contributed by atoms with Gasteiger partial charge in [-0.05, 0) is 60.6 Å². The Kier molecular flexibility index (Phi) is 5.01. The molecule has 2 aliphatic rings. The summed E-state index contributed by atoms with van der Waals surface area (Å²) in [4.78, 5) is 12.6. The number of benzene rings is 2. The van der Waals surface area contributed by atoms with Crippen LogP contribution in [0.3, 0.4) is 0 Å². The average Bonchev–Trinajstić information content (AvgIpc) is 3.35. The standard InChI is InChI=1S/C21H25N3O3/c1-27-20-10-15-4-2-3-14(15)9-16(20)12-22-21(26)19-11-18(23-24-19)13-5-7-17(25)8-6-13/h5-10,18-19,23-25H,2-4,11-12H2,1H3,(H,22,26). The van der Waals surface area contributed by atoms with Crippen LogP contribution < -0.4 is 20.9 Å². The van der Waals surface area contributed by atoms with Gasteiger partial charge in [0, 0.05) is 18.2 Å². The fraction of sp³-hybridized carbons (Fsp3) is 0.381. The lowest BCUT2D eigenvalue weighted by molar-refractivity contribution is -0.123. The van der Waals surface area contributed by atoms with Crippen LogP contribution in [0.25, 0.3) is 0 Å². The third-order valence-electron chi connectivity index (χ3n) is 5.46. The molecule has 1 amide bonds. The second-order valence-corrected chi connectivity index (χ2v) is 7.23. The van der Waals surface area contributed by atoms with Gasteiger partial charge in [-0.2, -0.15) is 0 Å². The van der Waals surface area contributed by atoms with Crippen molar-refractivity contribution in [2.45, 2.75) is 44.3 Å². The molecule has 0 aromatic heterocycles. The lowest BCUT2D eigenvalue weighted by Crippen LogP contribution is -2.42. The Hall–Kier alpha value is -2.57. The van der Waals surface area contributed by atoms with Gasteiger partial charge in [-0.25, -0.2) is 10.9 Å². The quantitative estimate of drug-likeness (QED) is 0.651. The Labute approximate surface area is 158 Å². The molecule has 1 aliphatic carbocycles. The topological polar surface area (TPSA) is 82.6 Å². The number of nitrogens with one attached hydrogen (secondary N) is 3. The molecule has 4 N–H and O–H groups in total. The zero-order chi connectivity index (χ0) is 18.8. The monoisotopic (exact) mass is 367 g/mol. The Morgan fingerprint density at radius 3 is 2.67 bits per heavy atom. The van der Waals surface area contributed by atoms with Crippen molar-refractivity contribution < 1.29 is 14.6 Å². The number of phenolic OH excluding ortho intramolecular Hbond substituents is 1. The maximum atomic E-state index is 12.6. The van der Waals surface area contributed by atoms with Gasteiger partial charge in [0.25, 0.3) is 0 Å². The number of hydrogen-bond donors (Lipinski definition) is 4. The van der Waals surface area contributed by atoms with Crippen molar-refractivity contribution in [1.82, 2.24) is 16.2 Å². The maximum Gasteiger partial charge on any atom is 0.238 e. The molecule has 6 heteroatoms. The van der Waals surface area contributed by atoms with Crippen LogP contribution in [0, 0.1) is 0 Å². The molecule has 1 heterocycles.